The van der Waals surface area contributed by atoms with Crippen molar-refractivity contribution in [2.45, 2.75) is 0 Å². The lowest BCUT2D eigenvalue weighted by Crippen LogP contribution is -2.02. The van der Waals surface area contributed by atoms with Crippen LogP contribution in [0.2, 0.25) is 0 Å². The Labute approximate surface area is 108 Å². The van der Waals surface area contributed by atoms with E-state index in [1.807, 2.05) is 0 Å². The summed E-state index contributed by atoms with van der Waals surface area (Å²) >= 11 is 0. The number of fused-ring (bicyclic) bond motifs is 3. The smallest absolute Gasteiger partial charge is 0.345 e. The van der Waals surface area contributed by atoms with Crippen molar-refractivity contribution in [2.24, 2.45) is 0 Å². The molecule has 0 aliphatic rings. The fourth-order valence-electron chi connectivity index (χ4n) is 2.08. The van der Waals surface area contributed by atoms with Crippen LogP contribution in [0, 0.1) is 0 Å². The molecule has 5 heteroatoms. The molecule has 3 aromatic rings. The fraction of sp³-hybridized carbons (Fsp3) is 0.143. The minimum absolute atomic E-state index is 0.396. The van der Waals surface area contributed by atoms with E-state index < -0.39 is 5.63 Å². The summed E-state index contributed by atoms with van der Waals surface area (Å²) in [6.45, 7) is 0. The van der Waals surface area contributed by atoms with Gasteiger partial charge >= 0.3 is 5.63 Å². The summed E-state index contributed by atoms with van der Waals surface area (Å²) in [5.74, 6) is 1.12. The van der Waals surface area contributed by atoms with E-state index in [2.05, 4.69) is 4.98 Å². The molecule has 19 heavy (non-hydrogen) atoms. The molecule has 0 bridgehead atoms. The Kier molecular flexibility index (Phi) is 2.59. The van der Waals surface area contributed by atoms with Crippen molar-refractivity contribution in [3.05, 3.63) is 40.9 Å². The second-order valence-corrected chi connectivity index (χ2v) is 3.99. The zero-order valence-electron chi connectivity index (χ0n) is 10.5. The Hall–Kier alpha value is -2.56. The number of rotatable bonds is 2. The molecule has 0 amide bonds. The number of hydrogen-bond acceptors (Lipinski definition) is 5. The molecule has 0 fully saturated rings. The molecule has 0 aliphatic heterocycles. The molecule has 2 heterocycles. The standard InChI is InChI=1S/C14H11NO4/c1-17-8-6-10(18-2)12-11(7-8)19-14(16)9-4-3-5-15-13(9)12/h3-7H,1-2H3. The van der Waals surface area contributed by atoms with Crippen LogP contribution in [0.4, 0.5) is 0 Å². The quantitative estimate of drug-likeness (QED) is 0.521. The Bertz CT molecular complexity index is 823. The summed E-state index contributed by atoms with van der Waals surface area (Å²) < 4.78 is 15.8. The summed E-state index contributed by atoms with van der Waals surface area (Å²) in [7, 11) is 3.09. The van der Waals surface area contributed by atoms with Crippen LogP contribution in [-0.2, 0) is 0 Å². The zero-order valence-corrected chi connectivity index (χ0v) is 10.5. The number of hydrogen-bond donors (Lipinski definition) is 0. The second kappa shape index (κ2) is 4.28. The fourth-order valence-corrected chi connectivity index (χ4v) is 2.08. The van der Waals surface area contributed by atoms with Crippen LogP contribution in [0.5, 0.6) is 11.5 Å². The van der Waals surface area contributed by atoms with Crippen LogP contribution in [-0.4, -0.2) is 19.2 Å². The summed E-state index contributed by atoms with van der Waals surface area (Å²) in [6, 6.07) is 6.75. The van der Waals surface area contributed by atoms with Gasteiger partial charge < -0.3 is 13.9 Å². The molecular weight excluding hydrogens is 246 g/mol. The maximum atomic E-state index is 11.9. The van der Waals surface area contributed by atoms with E-state index in [0.717, 1.165) is 0 Å². The van der Waals surface area contributed by atoms with Gasteiger partial charge in [0.2, 0.25) is 0 Å². The summed E-state index contributed by atoms with van der Waals surface area (Å²) in [6.07, 6.45) is 1.63. The molecule has 5 nitrogen and oxygen atoms in total. The van der Waals surface area contributed by atoms with Gasteiger partial charge in [-0.1, -0.05) is 0 Å². The molecular formula is C14H11NO4. The van der Waals surface area contributed by atoms with Crippen LogP contribution in [0.25, 0.3) is 21.9 Å². The largest absolute Gasteiger partial charge is 0.496 e. The minimum Gasteiger partial charge on any atom is -0.496 e. The van der Waals surface area contributed by atoms with Crippen molar-refractivity contribution in [1.29, 1.82) is 0 Å². The van der Waals surface area contributed by atoms with Gasteiger partial charge in [0.25, 0.3) is 0 Å². The van der Waals surface area contributed by atoms with Crippen LogP contribution in [0.1, 0.15) is 0 Å². The van der Waals surface area contributed by atoms with E-state index in [9.17, 15) is 4.79 Å². The molecule has 2 aromatic heterocycles. The van der Waals surface area contributed by atoms with Gasteiger partial charge in [-0.3, -0.25) is 4.98 Å². The van der Waals surface area contributed by atoms with E-state index >= 15 is 0 Å². The Morgan fingerprint density at radius 3 is 2.79 bits per heavy atom. The minimum atomic E-state index is -0.425. The molecule has 0 radical (unpaired) electrons. The van der Waals surface area contributed by atoms with Crippen molar-refractivity contribution in [3.8, 4) is 11.5 Å². The number of ether oxygens (including phenoxy) is 2. The highest BCUT2D eigenvalue weighted by Gasteiger charge is 2.14. The third-order valence-corrected chi connectivity index (χ3v) is 2.96. The normalized spacial score (nSPS) is 10.8. The molecule has 96 valence electrons. The third-order valence-electron chi connectivity index (χ3n) is 2.96. The first-order chi connectivity index (χ1) is 9.24. The lowest BCUT2D eigenvalue weighted by atomic mass is 10.1. The van der Waals surface area contributed by atoms with Gasteiger partial charge in [-0.15, -0.1) is 0 Å². The molecule has 1 aromatic carbocycles. The number of benzene rings is 1. The maximum absolute atomic E-state index is 11.9. The topological polar surface area (TPSA) is 61.6 Å². The summed E-state index contributed by atoms with van der Waals surface area (Å²) in [5, 5.41) is 1.09. The van der Waals surface area contributed by atoms with Crippen molar-refractivity contribution in [2.75, 3.05) is 14.2 Å². The van der Waals surface area contributed by atoms with Gasteiger partial charge in [0.15, 0.2) is 0 Å². The van der Waals surface area contributed by atoms with Gasteiger partial charge in [-0.2, -0.15) is 0 Å². The van der Waals surface area contributed by atoms with Crippen molar-refractivity contribution < 1.29 is 13.9 Å². The molecule has 0 spiro atoms. The van der Waals surface area contributed by atoms with E-state index in [0.29, 0.717) is 33.4 Å². The predicted octanol–water partition coefficient (Wildman–Crippen LogP) is 2.36. The van der Waals surface area contributed by atoms with Crippen LogP contribution in [0.3, 0.4) is 0 Å². The molecule has 0 unspecified atom stereocenters. The van der Waals surface area contributed by atoms with E-state index in [-0.39, 0.29) is 0 Å². The van der Waals surface area contributed by atoms with Gasteiger partial charge in [-0.05, 0) is 12.1 Å². The highest BCUT2D eigenvalue weighted by atomic mass is 16.5. The van der Waals surface area contributed by atoms with Crippen molar-refractivity contribution >= 4 is 21.9 Å². The maximum Gasteiger partial charge on any atom is 0.345 e. The Balaban J connectivity index is 2.57. The van der Waals surface area contributed by atoms with E-state index in [4.69, 9.17) is 13.9 Å². The van der Waals surface area contributed by atoms with Gasteiger partial charge in [0.1, 0.15) is 17.1 Å². The van der Waals surface area contributed by atoms with Crippen LogP contribution in [0.15, 0.2) is 39.7 Å². The molecule has 0 saturated heterocycles. The number of methoxy groups -OCH3 is 2. The Morgan fingerprint density at radius 2 is 2.05 bits per heavy atom. The summed E-state index contributed by atoms with van der Waals surface area (Å²) in [5.41, 5.74) is 0.534. The average molecular weight is 257 g/mol. The average Bonchev–Trinajstić information content (AvgIpc) is 2.46. The lowest BCUT2D eigenvalue weighted by molar-refractivity contribution is 0.396. The van der Waals surface area contributed by atoms with E-state index in [1.54, 1.807) is 37.6 Å². The predicted molar refractivity (Wildman–Crippen MR) is 70.9 cm³/mol. The number of aromatic nitrogens is 1. The van der Waals surface area contributed by atoms with Crippen molar-refractivity contribution in [3.63, 3.8) is 0 Å². The van der Waals surface area contributed by atoms with Crippen LogP contribution >= 0.6 is 0 Å². The molecule has 0 aliphatic carbocycles. The van der Waals surface area contributed by atoms with Gasteiger partial charge in [0, 0.05) is 18.3 Å². The van der Waals surface area contributed by atoms with E-state index in [1.165, 1.54) is 7.11 Å². The summed E-state index contributed by atoms with van der Waals surface area (Å²) in [4.78, 5) is 16.2. The highest BCUT2D eigenvalue weighted by Crippen LogP contribution is 2.34. The third kappa shape index (κ3) is 1.71. The molecule has 0 atom stereocenters. The number of nitrogens with zero attached hydrogens (tertiary/aromatic N) is 1. The first-order valence-corrected chi connectivity index (χ1v) is 5.68. The van der Waals surface area contributed by atoms with Gasteiger partial charge in [-0.25, -0.2) is 4.79 Å². The SMILES string of the molecule is COc1cc(OC)c2c(c1)oc(=O)c1cccnc12. The van der Waals surface area contributed by atoms with Crippen molar-refractivity contribution in [1.82, 2.24) is 4.98 Å². The molecule has 0 N–H and O–H groups in total. The first kappa shape index (κ1) is 11.5. The zero-order chi connectivity index (χ0) is 13.4. The Morgan fingerprint density at radius 1 is 1.21 bits per heavy atom. The molecule has 0 saturated carbocycles. The monoisotopic (exact) mass is 257 g/mol. The van der Waals surface area contributed by atoms with Crippen LogP contribution < -0.4 is 15.1 Å². The first-order valence-electron chi connectivity index (χ1n) is 5.68. The highest BCUT2D eigenvalue weighted by molar-refractivity contribution is 6.05. The number of pyridine rings is 1. The lowest BCUT2D eigenvalue weighted by Gasteiger charge is -2.09. The van der Waals surface area contributed by atoms with Gasteiger partial charge in [0.05, 0.1) is 30.5 Å². The second-order valence-electron chi connectivity index (χ2n) is 3.99. The molecule has 3 rings (SSSR count).